The van der Waals surface area contributed by atoms with Crippen molar-refractivity contribution in [1.82, 2.24) is 0 Å². The molecule has 0 saturated heterocycles. The van der Waals surface area contributed by atoms with Crippen LogP contribution in [0.3, 0.4) is 0 Å². The first kappa shape index (κ1) is 7.03. The van der Waals surface area contributed by atoms with E-state index in [1.54, 1.807) is 12.3 Å². The number of allylic oxidation sites excluding steroid dienone is 1. The van der Waals surface area contributed by atoms with E-state index in [0.717, 1.165) is 12.0 Å². The number of phenols is 1. The minimum Gasteiger partial charge on any atom is -0.503 e. The molecule has 0 bridgehead atoms. The largest absolute Gasteiger partial charge is 0.503 e. The van der Waals surface area contributed by atoms with E-state index in [0.29, 0.717) is 11.4 Å². The average Bonchev–Trinajstić information content (AvgIpc) is 2.12. The van der Waals surface area contributed by atoms with Gasteiger partial charge in [0.25, 0.3) is 0 Å². The van der Waals surface area contributed by atoms with Gasteiger partial charge in [-0.2, -0.15) is 0 Å². The van der Waals surface area contributed by atoms with Gasteiger partial charge in [-0.05, 0) is 18.6 Å². The third-order valence-electron chi connectivity index (χ3n) is 1.86. The first-order chi connectivity index (χ1) is 5.79. The number of anilines is 1. The van der Waals surface area contributed by atoms with Crippen LogP contribution >= 0.6 is 0 Å². The van der Waals surface area contributed by atoms with E-state index in [9.17, 15) is 5.11 Å². The van der Waals surface area contributed by atoms with Gasteiger partial charge >= 0.3 is 0 Å². The molecule has 2 rings (SSSR count). The quantitative estimate of drug-likeness (QED) is 0.449. The van der Waals surface area contributed by atoms with Crippen LogP contribution in [0.1, 0.15) is 5.56 Å². The number of hydrogen-bond donors (Lipinski definition) is 2. The fourth-order valence-electron chi connectivity index (χ4n) is 1.21. The fraction of sp³-hybridized carbons (Fsp3) is 0.111. The summed E-state index contributed by atoms with van der Waals surface area (Å²) in [6, 6.07) is 3.53. The molecule has 1 aromatic rings. The van der Waals surface area contributed by atoms with Crippen molar-refractivity contribution in [3.63, 3.8) is 0 Å². The molecule has 0 aliphatic carbocycles. The predicted octanol–water partition coefficient (Wildman–Crippen LogP) is 1.42. The fourth-order valence-corrected chi connectivity index (χ4v) is 1.21. The Morgan fingerprint density at radius 2 is 2.25 bits per heavy atom. The smallest absolute Gasteiger partial charge is 0.182 e. The number of nitrogens with two attached hydrogens (primary N) is 1. The molecule has 62 valence electrons. The zero-order valence-corrected chi connectivity index (χ0v) is 6.45. The second-order valence-corrected chi connectivity index (χ2v) is 2.69. The standard InChI is InChI=1S/C9H9NO2/c10-7-4-3-6-2-1-5-12-9(6)8(7)11/h1,3-5,11H,2,10H2. The minimum absolute atomic E-state index is 0.0388. The summed E-state index contributed by atoms with van der Waals surface area (Å²) in [4.78, 5) is 0. The molecule has 3 N–H and O–H groups in total. The van der Waals surface area contributed by atoms with E-state index < -0.39 is 0 Å². The third-order valence-corrected chi connectivity index (χ3v) is 1.86. The van der Waals surface area contributed by atoms with Crippen LogP contribution in [-0.4, -0.2) is 5.11 Å². The SMILES string of the molecule is Nc1ccc2c(c1O)OC=CC2. The summed E-state index contributed by atoms with van der Waals surface area (Å²) >= 11 is 0. The number of benzene rings is 1. The van der Waals surface area contributed by atoms with Crippen molar-refractivity contribution in [3.05, 3.63) is 30.0 Å². The zero-order valence-electron chi connectivity index (χ0n) is 6.45. The van der Waals surface area contributed by atoms with E-state index >= 15 is 0 Å². The Morgan fingerprint density at radius 1 is 1.42 bits per heavy atom. The van der Waals surface area contributed by atoms with Crippen LogP contribution in [0.2, 0.25) is 0 Å². The maximum atomic E-state index is 9.46. The predicted molar refractivity (Wildman–Crippen MR) is 46.0 cm³/mol. The monoisotopic (exact) mass is 163 g/mol. The number of rotatable bonds is 0. The van der Waals surface area contributed by atoms with Gasteiger partial charge in [-0.3, -0.25) is 0 Å². The maximum Gasteiger partial charge on any atom is 0.182 e. The zero-order chi connectivity index (χ0) is 8.55. The van der Waals surface area contributed by atoms with Gasteiger partial charge in [-0.25, -0.2) is 0 Å². The van der Waals surface area contributed by atoms with Crippen LogP contribution in [-0.2, 0) is 6.42 Å². The second-order valence-electron chi connectivity index (χ2n) is 2.69. The molecule has 0 radical (unpaired) electrons. The van der Waals surface area contributed by atoms with Gasteiger partial charge in [0.1, 0.15) is 0 Å². The van der Waals surface area contributed by atoms with Crippen LogP contribution in [0.4, 0.5) is 5.69 Å². The summed E-state index contributed by atoms with van der Waals surface area (Å²) in [5.74, 6) is 0.523. The lowest BCUT2D eigenvalue weighted by atomic mass is 10.1. The van der Waals surface area contributed by atoms with Gasteiger partial charge in [0.15, 0.2) is 11.5 Å². The lowest BCUT2D eigenvalue weighted by Crippen LogP contribution is -1.98. The highest BCUT2D eigenvalue weighted by Gasteiger charge is 2.13. The maximum absolute atomic E-state index is 9.46. The molecule has 0 saturated carbocycles. The lowest BCUT2D eigenvalue weighted by Gasteiger charge is -2.13. The van der Waals surface area contributed by atoms with E-state index in [-0.39, 0.29) is 5.75 Å². The van der Waals surface area contributed by atoms with Crippen molar-refractivity contribution in [2.75, 3.05) is 5.73 Å². The van der Waals surface area contributed by atoms with Gasteiger partial charge in [-0.1, -0.05) is 6.07 Å². The van der Waals surface area contributed by atoms with E-state index in [1.807, 2.05) is 12.1 Å². The number of hydrogen-bond acceptors (Lipinski definition) is 3. The molecule has 3 heteroatoms. The van der Waals surface area contributed by atoms with Crippen LogP contribution < -0.4 is 10.5 Å². The van der Waals surface area contributed by atoms with Gasteiger partial charge in [0, 0.05) is 5.56 Å². The van der Waals surface area contributed by atoms with Gasteiger partial charge in [0.05, 0.1) is 11.9 Å². The first-order valence-electron chi connectivity index (χ1n) is 3.71. The summed E-state index contributed by atoms with van der Waals surface area (Å²) in [6.07, 6.45) is 4.22. The molecule has 0 fully saturated rings. The molecule has 0 unspecified atom stereocenters. The molecule has 12 heavy (non-hydrogen) atoms. The Bertz CT molecular complexity index is 345. The molecule has 1 heterocycles. The van der Waals surface area contributed by atoms with Gasteiger partial charge in [0.2, 0.25) is 0 Å². The first-order valence-corrected chi connectivity index (χ1v) is 3.71. The van der Waals surface area contributed by atoms with Crippen molar-refractivity contribution in [2.45, 2.75) is 6.42 Å². The van der Waals surface area contributed by atoms with E-state index in [4.69, 9.17) is 10.5 Å². The Morgan fingerprint density at radius 3 is 3.08 bits per heavy atom. The van der Waals surface area contributed by atoms with Crippen molar-refractivity contribution in [3.8, 4) is 11.5 Å². The van der Waals surface area contributed by atoms with Gasteiger partial charge in [-0.15, -0.1) is 0 Å². The molecule has 1 aliphatic heterocycles. The van der Waals surface area contributed by atoms with Crippen molar-refractivity contribution in [1.29, 1.82) is 0 Å². The average molecular weight is 163 g/mol. The number of ether oxygens (including phenoxy) is 1. The molecule has 0 aromatic heterocycles. The second kappa shape index (κ2) is 2.44. The highest BCUT2D eigenvalue weighted by atomic mass is 16.5. The summed E-state index contributed by atoms with van der Waals surface area (Å²) in [5, 5.41) is 9.46. The van der Waals surface area contributed by atoms with Crippen molar-refractivity contribution >= 4 is 5.69 Å². The number of fused-ring (bicyclic) bond motifs is 1. The summed E-state index contributed by atoms with van der Waals surface area (Å²) < 4.78 is 5.12. The summed E-state index contributed by atoms with van der Waals surface area (Å²) in [6.45, 7) is 0. The summed E-state index contributed by atoms with van der Waals surface area (Å²) in [5.41, 5.74) is 6.80. The Labute approximate surface area is 70.1 Å². The number of nitrogen functional groups attached to an aromatic ring is 1. The topological polar surface area (TPSA) is 55.5 Å². The number of phenolic OH excluding ortho intramolecular Hbond substituents is 1. The normalized spacial score (nSPS) is 13.7. The molecule has 0 amide bonds. The highest BCUT2D eigenvalue weighted by molar-refractivity contribution is 5.63. The van der Waals surface area contributed by atoms with E-state index in [2.05, 4.69) is 0 Å². The van der Waals surface area contributed by atoms with Crippen LogP contribution in [0.5, 0.6) is 11.5 Å². The van der Waals surface area contributed by atoms with Gasteiger partial charge < -0.3 is 15.6 Å². The van der Waals surface area contributed by atoms with Crippen LogP contribution in [0, 0.1) is 0 Å². The number of aromatic hydroxyl groups is 1. The van der Waals surface area contributed by atoms with Crippen LogP contribution in [0.15, 0.2) is 24.5 Å². The molecular formula is C9H9NO2. The molecule has 1 aromatic carbocycles. The Hall–Kier alpha value is -1.64. The Balaban J connectivity index is 2.58. The van der Waals surface area contributed by atoms with E-state index in [1.165, 1.54) is 0 Å². The van der Waals surface area contributed by atoms with Crippen LogP contribution in [0.25, 0.3) is 0 Å². The molecular weight excluding hydrogens is 154 g/mol. The van der Waals surface area contributed by atoms with Crippen molar-refractivity contribution in [2.24, 2.45) is 0 Å². The molecule has 0 spiro atoms. The Kier molecular flexibility index (Phi) is 1.43. The molecule has 3 nitrogen and oxygen atoms in total. The van der Waals surface area contributed by atoms with Crippen molar-refractivity contribution < 1.29 is 9.84 Å². The highest BCUT2D eigenvalue weighted by Crippen LogP contribution is 2.37. The molecule has 0 atom stereocenters. The lowest BCUT2D eigenvalue weighted by molar-refractivity contribution is 0.403. The third kappa shape index (κ3) is 0.906. The molecule has 1 aliphatic rings. The minimum atomic E-state index is 0.0388. The summed E-state index contributed by atoms with van der Waals surface area (Å²) in [7, 11) is 0.